The molecule has 0 aliphatic heterocycles. The molecule has 1 aromatic carbocycles. The number of allylic oxidation sites excluding steroid dienone is 1. The quantitative estimate of drug-likeness (QED) is 0.617. The van der Waals surface area contributed by atoms with Gasteiger partial charge in [0.05, 0.1) is 5.41 Å². The lowest BCUT2D eigenvalue weighted by Crippen LogP contribution is -2.36. The Morgan fingerprint density at radius 1 is 1.24 bits per heavy atom. The maximum absolute atomic E-state index is 12.6. The number of nitrogens with zero attached hydrogens (tertiary/aromatic N) is 1. The number of esters is 1. The first kappa shape index (κ1) is 15.0. The minimum atomic E-state index is -0.769. The summed E-state index contributed by atoms with van der Waals surface area (Å²) < 4.78 is 5.47. The molecule has 0 amide bonds. The molecule has 1 unspecified atom stereocenters. The van der Waals surface area contributed by atoms with Crippen LogP contribution in [0.4, 0.5) is 0 Å². The SMILES string of the molecule is C=CCC(C)(C(=O)Oc1cccc(C)n1)c1ccccc1. The number of pyridine rings is 1. The van der Waals surface area contributed by atoms with E-state index < -0.39 is 5.41 Å². The monoisotopic (exact) mass is 281 g/mol. The van der Waals surface area contributed by atoms with Crippen LogP contribution in [0.15, 0.2) is 61.2 Å². The number of aryl methyl sites for hydroxylation is 1. The van der Waals surface area contributed by atoms with Crippen LogP contribution in [0, 0.1) is 6.92 Å². The lowest BCUT2D eigenvalue weighted by Gasteiger charge is -2.26. The Balaban J connectivity index is 2.30. The highest BCUT2D eigenvalue weighted by molar-refractivity contribution is 5.84. The van der Waals surface area contributed by atoms with Gasteiger partial charge in [0, 0.05) is 11.8 Å². The third-order valence-electron chi connectivity index (χ3n) is 3.47. The number of hydrogen-bond acceptors (Lipinski definition) is 3. The van der Waals surface area contributed by atoms with E-state index in [2.05, 4.69) is 11.6 Å². The molecule has 21 heavy (non-hydrogen) atoms. The predicted molar refractivity (Wildman–Crippen MR) is 83.2 cm³/mol. The molecule has 0 aliphatic rings. The summed E-state index contributed by atoms with van der Waals surface area (Å²) in [4.78, 5) is 16.8. The molecular weight excluding hydrogens is 262 g/mol. The molecule has 0 aliphatic carbocycles. The molecule has 1 atom stereocenters. The minimum Gasteiger partial charge on any atom is -0.407 e. The molecule has 0 spiro atoms. The average molecular weight is 281 g/mol. The van der Waals surface area contributed by atoms with Crippen LogP contribution in [0.1, 0.15) is 24.6 Å². The zero-order valence-electron chi connectivity index (χ0n) is 12.4. The van der Waals surface area contributed by atoms with E-state index in [9.17, 15) is 4.79 Å². The van der Waals surface area contributed by atoms with Crippen molar-refractivity contribution in [3.63, 3.8) is 0 Å². The van der Waals surface area contributed by atoms with Crippen molar-refractivity contribution in [3.8, 4) is 5.88 Å². The standard InChI is InChI=1S/C18H19NO2/c1-4-13-18(3,15-10-6-5-7-11-15)17(20)21-16-12-8-9-14(2)19-16/h4-12H,1,13H2,2-3H3. The van der Waals surface area contributed by atoms with Gasteiger partial charge in [-0.05, 0) is 31.9 Å². The molecule has 3 heteroatoms. The fourth-order valence-corrected chi connectivity index (χ4v) is 2.20. The molecule has 1 aromatic heterocycles. The maximum atomic E-state index is 12.6. The first-order valence-electron chi connectivity index (χ1n) is 6.88. The van der Waals surface area contributed by atoms with Gasteiger partial charge < -0.3 is 4.74 Å². The number of carbonyl (C=O) groups is 1. The smallest absolute Gasteiger partial charge is 0.323 e. The van der Waals surface area contributed by atoms with Crippen molar-refractivity contribution in [2.45, 2.75) is 25.7 Å². The fourth-order valence-electron chi connectivity index (χ4n) is 2.20. The Bertz CT molecular complexity index is 637. The third-order valence-corrected chi connectivity index (χ3v) is 3.47. The predicted octanol–water partition coefficient (Wildman–Crippen LogP) is 3.83. The maximum Gasteiger partial charge on any atom is 0.323 e. The number of hydrogen-bond donors (Lipinski definition) is 0. The largest absolute Gasteiger partial charge is 0.407 e. The van der Waals surface area contributed by atoms with Crippen molar-refractivity contribution in [1.29, 1.82) is 0 Å². The average Bonchev–Trinajstić information content (AvgIpc) is 2.48. The number of aromatic nitrogens is 1. The van der Waals surface area contributed by atoms with Crippen LogP contribution < -0.4 is 4.74 Å². The molecule has 2 rings (SSSR count). The van der Waals surface area contributed by atoms with E-state index in [0.717, 1.165) is 11.3 Å². The summed E-state index contributed by atoms with van der Waals surface area (Å²) in [5, 5.41) is 0. The van der Waals surface area contributed by atoms with E-state index in [-0.39, 0.29) is 5.97 Å². The number of rotatable bonds is 5. The van der Waals surface area contributed by atoms with Gasteiger partial charge in [-0.15, -0.1) is 6.58 Å². The Hall–Kier alpha value is -2.42. The molecule has 0 radical (unpaired) electrons. The highest BCUT2D eigenvalue weighted by Crippen LogP contribution is 2.30. The highest BCUT2D eigenvalue weighted by Gasteiger charge is 2.36. The highest BCUT2D eigenvalue weighted by atomic mass is 16.5. The molecule has 0 saturated carbocycles. The number of carbonyl (C=O) groups excluding carboxylic acids is 1. The molecule has 108 valence electrons. The van der Waals surface area contributed by atoms with Crippen LogP contribution in [0.3, 0.4) is 0 Å². The third kappa shape index (κ3) is 3.37. The minimum absolute atomic E-state index is 0.325. The summed E-state index contributed by atoms with van der Waals surface area (Å²) in [5.74, 6) is -0.00193. The topological polar surface area (TPSA) is 39.2 Å². The van der Waals surface area contributed by atoms with Crippen molar-refractivity contribution < 1.29 is 9.53 Å². The van der Waals surface area contributed by atoms with E-state index in [4.69, 9.17) is 4.74 Å². The van der Waals surface area contributed by atoms with Gasteiger partial charge in [-0.3, -0.25) is 4.79 Å². The van der Waals surface area contributed by atoms with Crippen LogP contribution in [0.2, 0.25) is 0 Å². The summed E-state index contributed by atoms with van der Waals surface area (Å²) in [5.41, 5.74) is 0.946. The molecule has 3 nitrogen and oxygen atoms in total. The van der Waals surface area contributed by atoms with Gasteiger partial charge in [0.15, 0.2) is 0 Å². The van der Waals surface area contributed by atoms with E-state index in [1.54, 1.807) is 12.1 Å². The first-order valence-corrected chi connectivity index (χ1v) is 6.88. The Kier molecular flexibility index (Phi) is 4.53. The summed E-state index contributed by atoms with van der Waals surface area (Å²) in [6.45, 7) is 7.47. The summed E-state index contributed by atoms with van der Waals surface area (Å²) >= 11 is 0. The number of ether oxygens (including phenoxy) is 1. The van der Waals surface area contributed by atoms with Crippen molar-refractivity contribution in [1.82, 2.24) is 4.98 Å². The van der Waals surface area contributed by atoms with Gasteiger partial charge in [0.1, 0.15) is 0 Å². The van der Waals surface area contributed by atoms with Crippen molar-refractivity contribution in [3.05, 3.63) is 72.4 Å². The zero-order chi connectivity index (χ0) is 15.3. The molecule has 1 heterocycles. The van der Waals surface area contributed by atoms with E-state index in [1.165, 1.54) is 0 Å². The Morgan fingerprint density at radius 2 is 1.95 bits per heavy atom. The molecule has 0 N–H and O–H groups in total. The second kappa shape index (κ2) is 6.35. The molecule has 2 aromatic rings. The zero-order valence-corrected chi connectivity index (χ0v) is 12.4. The second-order valence-electron chi connectivity index (χ2n) is 5.20. The first-order chi connectivity index (χ1) is 10.1. The van der Waals surface area contributed by atoms with Crippen LogP contribution in [-0.4, -0.2) is 11.0 Å². The van der Waals surface area contributed by atoms with Gasteiger partial charge in [0.25, 0.3) is 0 Å². The fraction of sp³-hybridized carbons (Fsp3) is 0.222. The normalized spacial score (nSPS) is 13.2. The van der Waals surface area contributed by atoms with Crippen LogP contribution in [0.25, 0.3) is 0 Å². The van der Waals surface area contributed by atoms with E-state index in [0.29, 0.717) is 12.3 Å². The van der Waals surface area contributed by atoms with Crippen LogP contribution in [-0.2, 0) is 10.2 Å². The summed E-state index contributed by atoms with van der Waals surface area (Å²) in [7, 11) is 0. The Morgan fingerprint density at radius 3 is 2.57 bits per heavy atom. The van der Waals surface area contributed by atoms with Gasteiger partial charge >= 0.3 is 5.97 Å². The Labute approximate surface area is 125 Å². The van der Waals surface area contributed by atoms with Crippen molar-refractivity contribution in [2.75, 3.05) is 0 Å². The summed E-state index contributed by atoms with van der Waals surface area (Å²) in [6, 6.07) is 15.0. The lowest BCUT2D eigenvalue weighted by atomic mass is 9.79. The molecule has 0 bridgehead atoms. The number of benzene rings is 1. The van der Waals surface area contributed by atoms with Crippen molar-refractivity contribution >= 4 is 5.97 Å². The van der Waals surface area contributed by atoms with E-state index >= 15 is 0 Å². The van der Waals surface area contributed by atoms with Crippen LogP contribution in [0.5, 0.6) is 5.88 Å². The molecular formula is C18H19NO2. The van der Waals surface area contributed by atoms with Gasteiger partial charge in [0.2, 0.25) is 5.88 Å². The van der Waals surface area contributed by atoms with E-state index in [1.807, 2.05) is 56.3 Å². The lowest BCUT2D eigenvalue weighted by molar-refractivity contribution is -0.140. The summed E-state index contributed by atoms with van der Waals surface area (Å²) in [6.07, 6.45) is 2.24. The molecule has 0 fully saturated rings. The van der Waals surface area contributed by atoms with Crippen molar-refractivity contribution in [2.24, 2.45) is 0 Å². The second-order valence-corrected chi connectivity index (χ2v) is 5.20. The van der Waals surface area contributed by atoms with Gasteiger partial charge in [-0.2, -0.15) is 0 Å². The molecule has 0 saturated heterocycles. The van der Waals surface area contributed by atoms with Crippen LogP contribution >= 0.6 is 0 Å². The van der Waals surface area contributed by atoms with Gasteiger partial charge in [-0.1, -0.05) is 42.5 Å². The van der Waals surface area contributed by atoms with Gasteiger partial charge in [-0.25, -0.2) is 4.98 Å².